The molecular weight excluding hydrogens is 280 g/mol. The topological polar surface area (TPSA) is 56.0 Å². The fourth-order valence-corrected chi connectivity index (χ4v) is 2.24. The van der Waals surface area contributed by atoms with Crippen LogP contribution in [0.2, 0.25) is 0 Å². The van der Waals surface area contributed by atoms with E-state index in [0.717, 1.165) is 3.92 Å². The van der Waals surface area contributed by atoms with E-state index in [2.05, 4.69) is 20.9 Å². The molecular formula is C9H5BrN2O2S. The van der Waals surface area contributed by atoms with Crippen LogP contribution in [0.3, 0.4) is 0 Å². The SMILES string of the molecule is O=[N+]([O-])c1ccccc1-c1csc(Br)n1. The van der Waals surface area contributed by atoms with Crippen molar-refractivity contribution in [2.24, 2.45) is 0 Å². The van der Waals surface area contributed by atoms with Crippen LogP contribution in [-0.4, -0.2) is 9.91 Å². The predicted octanol–water partition coefficient (Wildman–Crippen LogP) is 3.48. The largest absolute Gasteiger partial charge is 0.278 e. The highest BCUT2D eigenvalue weighted by atomic mass is 79.9. The lowest BCUT2D eigenvalue weighted by atomic mass is 10.1. The number of para-hydroxylation sites is 1. The molecule has 0 amide bonds. The summed E-state index contributed by atoms with van der Waals surface area (Å²) in [5.41, 5.74) is 1.25. The molecule has 0 saturated carbocycles. The van der Waals surface area contributed by atoms with Crippen LogP contribution in [0.25, 0.3) is 11.3 Å². The van der Waals surface area contributed by atoms with E-state index in [4.69, 9.17) is 0 Å². The van der Waals surface area contributed by atoms with E-state index in [1.165, 1.54) is 17.4 Å². The molecule has 0 aliphatic rings. The summed E-state index contributed by atoms with van der Waals surface area (Å²) < 4.78 is 0.718. The highest BCUT2D eigenvalue weighted by molar-refractivity contribution is 9.11. The lowest BCUT2D eigenvalue weighted by Crippen LogP contribution is -1.91. The molecule has 0 aliphatic heterocycles. The normalized spacial score (nSPS) is 10.2. The lowest BCUT2D eigenvalue weighted by molar-refractivity contribution is -0.384. The average molecular weight is 285 g/mol. The zero-order valence-corrected chi connectivity index (χ0v) is 9.79. The van der Waals surface area contributed by atoms with Crippen molar-refractivity contribution >= 4 is 33.0 Å². The second-order valence-electron chi connectivity index (χ2n) is 2.76. The molecule has 0 radical (unpaired) electrons. The lowest BCUT2D eigenvalue weighted by Gasteiger charge is -1.97. The van der Waals surface area contributed by atoms with Crippen molar-refractivity contribution < 1.29 is 4.92 Å². The second kappa shape index (κ2) is 4.08. The molecule has 1 aromatic heterocycles. The molecule has 0 aliphatic carbocycles. The fraction of sp³-hybridized carbons (Fsp3) is 0. The quantitative estimate of drug-likeness (QED) is 0.627. The molecule has 2 rings (SSSR count). The van der Waals surface area contributed by atoms with Crippen LogP contribution in [-0.2, 0) is 0 Å². The third-order valence-electron chi connectivity index (χ3n) is 1.85. The van der Waals surface area contributed by atoms with Gasteiger partial charge in [-0.15, -0.1) is 11.3 Å². The van der Waals surface area contributed by atoms with Gasteiger partial charge in [0.15, 0.2) is 3.92 Å². The summed E-state index contributed by atoms with van der Waals surface area (Å²) in [6, 6.07) is 6.57. The number of halogens is 1. The molecule has 0 unspecified atom stereocenters. The minimum absolute atomic E-state index is 0.0790. The van der Waals surface area contributed by atoms with Gasteiger partial charge in [0.1, 0.15) is 0 Å². The summed E-state index contributed by atoms with van der Waals surface area (Å²) in [5.74, 6) is 0. The van der Waals surface area contributed by atoms with E-state index < -0.39 is 4.92 Å². The van der Waals surface area contributed by atoms with Crippen LogP contribution in [0.1, 0.15) is 0 Å². The highest BCUT2D eigenvalue weighted by Gasteiger charge is 2.15. The Morgan fingerprint density at radius 3 is 2.73 bits per heavy atom. The molecule has 1 aromatic carbocycles. The minimum atomic E-state index is -0.400. The van der Waals surface area contributed by atoms with Crippen molar-refractivity contribution in [3.8, 4) is 11.3 Å². The zero-order valence-electron chi connectivity index (χ0n) is 7.38. The second-order valence-corrected chi connectivity index (χ2v) is 4.89. The molecule has 6 heteroatoms. The number of nitrogens with zero attached hydrogens (tertiary/aromatic N) is 2. The van der Waals surface area contributed by atoms with Crippen molar-refractivity contribution in [3.63, 3.8) is 0 Å². The van der Waals surface area contributed by atoms with Gasteiger partial charge >= 0.3 is 0 Å². The molecule has 2 aromatic rings. The van der Waals surface area contributed by atoms with Crippen LogP contribution in [0.5, 0.6) is 0 Å². The van der Waals surface area contributed by atoms with E-state index >= 15 is 0 Å². The third-order valence-corrected chi connectivity index (χ3v) is 3.22. The molecule has 4 nitrogen and oxygen atoms in total. The molecule has 0 bridgehead atoms. The van der Waals surface area contributed by atoms with Crippen molar-refractivity contribution in [2.45, 2.75) is 0 Å². The van der Waals surface area contributed by atoms with Crippen LogP contribution in [0.4, 0.5) is 5.69 Å². The molecule has 0 spiro atoms. The van der Waals surface area contributed by atoms with Crippen molar-refractivity contribution in [2.75, 3.05) is 0 Å². The molecule has 0 saturated heterocycles. The highest BCUT2D eigenvalue weighted by Crippen LogP contribution is 2.31. The first kappa shape index (κ1) is 10.3. The van der Waals surface area contributed by atoms with Crippen LogP contribution in [0, 0.1) is 10.1 Å². The van der Waals surface area contributed by atoms with Gasteiger partial charge in [0.25, 0.3) is 5.69 Å². The number of benzene rings is 1. The summed E-state index contributed by atoms with van der Waals surface area (Å²) in [4.78, 5) is 14.5. The first-order valence-corrected chi connectivity index (χ1v) is 5.70. The van der Waals surface area contributed by atoms with Gasteiger partial charge in [-0.1, -0.05) is 12.1 Å². The summed E-state index contributed by atoms with van der Waals surface area (Å²) in [6.07, 6.45) is 0. The van der Waals surface area contributed by atoms with Gasteiger partial charge in [0, 0.05) is 11.4 Å². The van der Waals surface area contributed by atoms with Gasteiger partial charge < -0.3 is 0 Å². The monoisotopic (exact) mass is 284 g/mol. The van der Waals surface area contributed by atoms with Crippen molar-refractivity contribution in [1.82, 2.24) is 4.98 Å². The van der Waals surface area contributed by atoms with Crippen LogP contribution < -0.4 is 0 Å². The number of rotatable bonds is 2. The molecule has 0 fully saturated rings. The maximum atomic E-state index is 10.8. The Morgan fingerprint density at radius 2 is 2.13 bits per heavy atom. The molecule has 76 valence electrons. The maximum Gasteiger partial charge on any atom is 0.278 e. The van der Waals surface area contributed by atoms with Gasteiger partial charge in [-0.3, -0.25) is 10.1 Å². The van der Waals surface area contributed by atoms with E-state index in [1.54, 1.807) is 23.6 Å². The zero-order chi connectivity index (χ0) is 10.8. The Kier molecular flexibility index (Phi) is 2.79. The summed E-state index contributed by atoms with van der Waals surface area (Å²) >= 11 is 4.63. The van der Waals surface area contributed by atoms with Gasteiger partial charge in [0.05, 0.1) is 16.2 Å². The first-order chi connectivity index (χ1) is 7.18. The van der Waals surface area contributed by atoms with Gasteiger partial charge in [0.2, 0.25) is 0 Å². The summed E-state index contributed by atoms with van der Waals surface area (Å²) in [6.45, 7) is 0. The molecule has 0 atom stereocenters. The number of hydrogen-bond donors (Lipinski definition) is 0. The van der Waals surface area contributed by atoms with Gasteiger partial charge in [-0.25, -0.2) is 4.98 Å². The maximum absolute atomic E-state index is 10.8. The Morgan fingerprint density at radius 1 is 1.40 bits per heavy atom. The Hall–Kier alpha value is -1.27. The minimum Gasteiger partial charge on any atom is -0.258 e. The van der Waals surface area contributed by atoms with Crippen LogP contribution in [0.15, 0.2) is 33.6 Å². The summed E-state index contributed by atoms with van der Waals surface area (Å²) in [5, 5.41) is 12.6. The smallest absolute Gasteiger partial charge is 0.258 e. The molecule has 1 heterocycles. The Bertz CT molecular complexity index is 512. The van der Waals surface area contributed by atoms with E-state index in [9.17, 15) is 10.1 Å². The number of thiazole rings is 1. The predicted molar refractivity (Wildman–Crippen MR) is 61.9 cm³/mol. The van der Waals surface area contributed by atoms with Crippen LogP contribution >= 0.6 is 27.3 Å². The Labute approximate surface area is 97.9 Å². The average Bonchev–Trinajstić information content (AvgIpc) is 2.65. The standard InChI is InChI=1S/C9H5BrN2O2S/c10-9-11-7(5-15-9)6-3-1-2-4-8(6)12(13)14/h1-5H. The Balaban J connectivity index is 2.57. The number of hydrogen-bond acceptors (Lipinski definition) is 4. The first-order valence-electron chi connectivity index (χ1n) is 4.03. The van der Waals surface area contributed by atoms with E-state index in [-0.39, 0.29) is 5.69 Å². The third kappa shape index (κ3) is 2.05. The van der Waals surface area contributed by atoms with Crippen molar-refractivity contribution in [3.05, 3.63) is 43.7 Å². The summed E-state index contributed by atoms with van der Waals surface area (Å²) in [7, 11) is 0. The molecule has 0 N–H and O–H groups in total. The van der Waals surface area contributed by atoms with E-state index in [1.807, 2.05) is 0 Å². The van der Waals surface area contributed by atoms with Crippen molar-refractivity contribution in [1.29, 1.82) is 0 Å². The van der Waals surface area contributed by atoms with Gasteiger partial charge in [-0.05, 0) is 22.0 Å². The number of nitro groups is 1. The fourth-order valence-electron chi connectivity index (χ4n) is 1.22. The molecule has 15 heavy (non-hydrogen) atoms. The number of aromatic nitrogens is 1. The number of nitro benzene ring substituents is 1. The van der Waals surface area contributed by atoms with Gasteiger partial charge in [-0.2, -0.15) is 0 Å². The van der Waals surface area contributed by atoms with E-state index in [0.29, 0.717) is 11.3 Å².